The fourth-order valence-corrected chi connectivity index (χ4v) is 2.44. The van der Waals surface area contributed by atoms with E-state index in [2.05, 4.69) is 0 Å². The van der Waals surface area contributed by atoms with Gasteiger partial charge in [-0.05, 0) is 47.0 Å². The van der Waals surface area contributed by atoms with Crippen molar-refractivity contribution in [2.45, 2.75) is 18.9 Å². The van der Waals surface area contributed by atoms with Crippen LogP contribution < -0.4 is 4.74 Å². The summed E-state index contributed by atoms with van der Waals surface area (Å²) in [4.78, 5) is 0. The predicted octanol–water partition coefficient (Wildman–Crippen LogP) is 3.18. The lowest BCUT2D eigenvalue weighted by atomic mass is 9.98. The largest absolute Gasteiger partial charge is 0.493 e. The van der Waals surface area contributed by atoms with Gasteiger partial charge in [0.25, 0.3) is 0 Å². The molecule has 1 heterocycles. The van der Waals surface area contributed by atoms with Gasteiger partial charge in [-0.15, -0.1) is 0 Å². The number of hydrogen-bond acceptors (Lipinski definition) is 2. The summed E-state index contributed by atoms with van der Waals surface area (Å²) in [7, 11) is 0. The Labute approximate surface area is 115 Å². The van der Waals surface area contributed by atoms with Crippen LogP contribution in [0.1, 0.15) is 22.8 Å². The second kappa shape index (κ2) is 5.21. The number of aliphatic hydroxyl groups is 1. The van der Waals surface area contributed by atoms with Gasteiger partial charge in [0.15, 0.2) is 0 Å². The number of rotatable bonds is 3. The first kappa shape index (κ1) is 13.1. The van der Waals surface area contributed by atoms with E-state index in [-0.39, 0.29) is 12.0 Å². The second-order valence-electron chi connectivity index (χ2n) is 4.92. The maximum atomic E-state index is 13.6. The summed E-state index contributed by atoms with van der Waals surface area (Å²) in [6, 6.07) is 8.69. The van der Waals surface area contributed by atoms with E-state index in [1.165, 1.54) is 0 Å². The van der Waals surface area contributed by atoms with Crippen molar-refractivity contribution in [2.24, 2.45) is 0 Å². The van der Waals surface area contributed by atoms with E-state index in [0.29, 0.717) is 12.2 Å². The lowest BCUT2D eigenvalue weighted by molar-refractivity contribution is 0.177. The Balaban J connectivity index is 1.82. The molecule has 2 nitrogen and oxygen atoms in total. The first-order valence-electron chi connectivity index (χ1n) is 6.51. The van der Waals surface area contributed by atoms with Crippen LogP contribution in [0, 0.1) is 11.6 Å². The summed E-state index contributed by atoms with van der Waals surface area (Å²) < 4.78 is 32.1. The molecule has 4 heteroatoms. The standard InChI is InChI=1S/C16H14F2O2/c17-13-2-3-14(18)12(8-13)9-15(19)10-1-4-16-11(7-10)5-6-20-16/h1-4,7-8,15,19H,5-6,9H2. The monoisotopic (exact) mass is 276 g/mol. The Hall–Kier alpha value is -1.94. The third-order valence-corrected chi connectivity index (χ3v) is 3.52. The van der Waals surface area contributed by atoms with E-state index >= 15 is 0 Å². The molecule has 1 aliphatic heterocycles. The van der Waals surface area contributed by atoms with E-state index in [4.69, 9.17) is 4.74 Å². The highest BCUT2D eigenvalue weighted by Gasteiger charge is 2.17. The molecule has 2 aromatic rings. The van der Waals surface area contributed by atoms with E-state index < -0.39 is 17.7 Å². The summed E-state index contributed by atoms with van der Waals surface area (Å²) in [6.45, 7) is 0.646. The van der Waals surface area contributed by atoms with Gasteiger partial charge in [-0.1, -0.05) is 6.07 Å². The van der Waals surface area contributed by atoms with Crippen molar-refractivity contribution in [3.63, 3.8) is 0 Å². The van der Waals surface area contributed by atoms with Crippen LogP contribution in [0.5, 0.6) is 5.75 Å². The SMILES string of the molecule is OC(Cc1cc(F)ccc1F)c1ccc2c(c1)CCO2. The molecule has 1 N–H and O–H groups in total. The van der Waals surface area contributed by atoms with Crippen molar-refractivity contribution in [1.82, 2.24) is 0 Å². The van der Waals surface area contributed by atoms with Crippen LogP contribution in [0.3, 0.4) is 0 Å². The molecular weight excluding hydrogens is 262 g/mol. The Kier molecular flexibility index (Phi) is 3.40. The molecule has 0 radical (unpaired) electrons. The number of hydrogen-bond donors (Lipinski definition) is 1. The molecule has 0 saturated carbocycles. The average molecular weight is 276 g/mol. The second-order valence-corrected chi connectivity index (χ2v) is 4.92. The number of fused-ring (bicyclic) bond motifs is 1. The molecule has 3 rings (SSSR count). The molecular formula is C16H14F2O2. The third-order valence-electron chi connectivity index (χ3n) is 3.52. The minimum atomic E-state index is -0.864. The van der Waals surface area contributed by atoms with Gasteiger partial charge in [0.05, 0.1) is 12.7 Å². The Morgan fingerprint density at radius 1 is 1.15 bits per heavy atom. The zero-order chi connectivity index (χ0) is 14.1. The molecule has 0 amide bonds. The Morgan fingerprint density at radius 3 is 2.85 bits per heavy atom. The number of ether oxygens (including phenoxy) is 1. The highest BCUT2D eigenvalue weighted by atomic mass is 19.1. The van der Waals surface area contributed by atoms with Gasteiger partial charge in [-0.25, -0.2) is 8.78 Å². The molecule has 0 aromatic heterocycles. The molecule has 0 bridgehead atoms. The molecule has 104 valence electrons. The van der Waals surface area contributed by atoms with Gasteiger partial charge in [0, 0.05) is 12.8 Å². The first-order chi connectivity index (χ1) is 9.63. The zero-order valence-corrected chi connectivity index (χ0v) is 10.8. The minimum Gasteiger partial charge on any atom is -0.493 e. The lowest BCUT2D eigenvalue weighted by Crippen LogP contribution is -2.04. The van der Waals surface area contributed by atoms with E-state index in [0.717, 1.165) is 35.9 Å². The van der Waals surface area contributed by atoms with Crippen LogP contribution in [0.4, 0.5) is 8.78 Å². The van der Waals surface area contributed by atoms with Crippen LogP contribution in [0.2, 0.25) is 0 Å². The fourth-order valence-electron chi connectivity index (χ4n) is 2.44. The normalized spacial score (nSPS) is 14.8. The Bertz CT molecular complexity index is 640. The fraction of sp³-hybridized carbons (Fsp3) is 0.250. The van der Waals surface area contributed by atoms with Crippen LogP contribution >= 0.6 is 0 Å². The van der Waals surface area contributed by atoms with Crippen molar-refractivity contribution < 1.29 is 18.6 Å². The average Bonchev–Trinajstić information content (AvgIpc) is 2.90. The summed E-state index contributed by atoms with van der Waals surface area (Å²) >= 11 is 0. The smallest absolute Gasteiger partial charge is 0.126 e. The molecule has 1 unspecified atom stereocenters. The number of benzene rings is 2. The van der Waals surface area contributed by atoms with Crippen molar-refractivity contribution in [3.8, 4) is 5.75 Å². The van der Waals surface area contributed by atoms with E-state index in [1.54, 1.807) is 6.07 Å². The zero-order valence-electron chi connectivity index (χ0n) is 10.8. The topological polar surface area (TPSA) is 29.5 Å². The molecule has 0 aliphatic carbocycles. The van der Waals surface area contributed by atoms with Crippen molar-refractivity contribution >= 4 is 0 Å². The molecule has 0 fully saturated rings. The highest BCUT2D eigenvalue weighted by molar-refractivity contribution is 5.40. The number of aliphatic hydroxyl groups excluding tert-OH is 1. The van der Waals surface area contributed by atoms with Gasteiger partial charge < -0.3 is 9.84 Å². The van der Waals surface area contributed by atoms with Crippen LogP contribution in [-0.2, 0) is 12.8 Å². The third kappa shape index (κ3) is 2.51. The highest BCUT2D eigenvalue weighted by Crippen LogP contribution is 2.29. The first-order valence-corrected chi connectivity index (χ1v) is 6.51. The van der Waals surface area contributed by atoms with Crippen LogP contribution in [0.15, 0.2) is 36.4 Å². The van der Waals surface area contributed by atoms with E-state index in [1.807, 2.05) is 12.1 Å². The summed E-state index contributed by atoms with van der Waals surface area (Å²) in [6.07, 6.45) is -0.00908. The van der Waals surface area contributed by atoms with Crippen molar-refractivity contribution in [1.29, 1.82) is 0 Å². The number of halogens is 2. The molecule has 0 saturated heterocycles. The van der Waals surface area contributed by atoms with Crippen molar-refractivity contribution in [2.75, 3.05) is 6.61 Å². The van der Waals surface area contributed by atoms with Gasteiger partial charge in [0.2, 0.25) is 0 Å². The molecule has 0 spiro atoms. The molecule has 1 aliphatic rings. The summed E-state index contributed by atoms with van der Waals surface area (Å²) in [5.41, 5.74) is 1.91. The molecule has 1 atom stereocenters. The van der Waals surface area contributed by atoms with Gasteiger partial charge in [-0.3, -0.25) is 0 Å². The van der Waals surface area contributed by atoms with Gasteiger partial charge >= 0.3 is 0 Å². The predicted molar refractivity (Wildman–Crippen MR) is 70.7 cm³/mol. The van der Waals surface area contributed by atoms with Gasteiger partial charge in [-0.2, -0.15) is 0 Å². The van der Waals surface area contributed by atoms with Crippen LogP contribution in [-0.4, -0.2) is 11.7 Å². The summed E-state index contributed by atoms with van der Waals surface area (Å²) in [5.74, 6) is -0.177. The molecule has 2 aromatic carbocycles. The van der Waals surface area contributed by atoms with E-state index in [9.17, 15) is 13.9 Å². The van der Waals surface area contributed by atoms with Gasteiger partial charge in [0.1, 0.15) is 17.4 Å². The summed E-state index contributed by atoms with van der Waals surface area (Å²) in [5, 5.41) is 10.2. The van der Waals surface area contributed by atoms with Crippen molar-refractivity contribution in [3.05, 3.63) is 64.7 Å². The minimum absolute atomic E-state index is 0.0449. The quantitative estimate of drug-likeness (QED) is 0.933. The Morgan fingerprint density at radius 2 is 2.00 bits per heavy atom. The maximum Gasteiger partial charge on any atom is 0.126 e. The lowest BCUT2D eigenvalue weighted by Gasteiger charge is -2.13. The maximum absolute atomic E-state index is 13.6. The van der Waals surface area contributed by atoms with Crippen LogP contribution in [0.25, 0.3) is 0 Å². The molecule has 20 heavy (non-hydrogen) atoms.